The first kappa shape index (κ1) is 44.2. The van der Waals surface area contributed by atoms with Crippen LogP contribution in [0.5, 0.6) is 0 Å². The van der Waals surface area contributed by atoms with Crippen LogP contribution < -0.4 is 45.2 Å². The first-order valence-corrected chi connectivity index (χ1v) is 21.3. The number of anilines is 2. The van der Waals surface area contributed by atoms with Crippen LogP contribution in [-0.4, -0.2) is 48.3 Å². The second kappa shape index (κ2) is 19.7. The van der Waals surface area contributed by atoms with Gasteiger partial charge in [-0.25, -0.2) is 0 Å². The van der Waals surface area contributed by atoms with Crippen molar-refractivity contribution in [3.8, 4) is 0 Å². The van der Waals surface area contributed by atoms with Crippen molar-refractivity contribution in [2.45, 2.75) is 102 Å². The van der Waals surface area contributed by atoms with Gasteiger partial charge in [0, 0.05) is 75.9 Å². The van der Waals surface area contributed by atoms with Crippen LogP contribution in [0.3, 0.4) is 0 Å². The summed E-state index contributed by atoms with van der Waals surface area (Å²) in [4.78, 5) is 29.6. The van der Waals surface area contributed by atoms with Crippen LogP contribution in [0.1, 0.15) is 97.6 Å². The fraction of sp³-hybridized carbons (Fsp3) is 0.396. The molecule has 0 saturated carbocycles. The van der Waals surface area contributed by atoms with Crippen molar-refractivity contribution in [1.29, 1.82) is 0 Å². The average molecular weight is 898 g/mol. The number of allylic oxidation sites excluding steroid dienone is 7. The topological polar surface area (TPSA) is 90.5 Å². The van der Waals surface area contributed by atoms with E-state index in [1.807, 2.05) is 23.9 Å². The molecular formula is C48H60IN5O2S. The fourth-order valence-corrected chi connectivity index (χ4v) is 9.56. The minimum atomic E-state index is -0.0987. The van der Waals surface area contributed by atoms with Crippen molar-refractivity contribution >= 4 is 46.4 Å². The number of likely N-dealkylation sites (N-methyl/N-ethyl adjacent to an activating group) is 1. The van der Waals surface area contributed by atoms with Crippen LogP contribution >= 0.6 is 11.8 Å². The highest BCUT2D eigenvalue weighted by Gasteiger charge is 2.43. The lowest BCUT2D eigenvalue weighted by Gasteiger charge is -2.26. The van der Waals surface area contributed by atoms with Crippen LogP contribution in [0.15, 0.2) is 124 Å². The monoisotopic (exact) mass is 897 g/mol. The lowest BCUT2D eigenvalue weighted by molar-refractivity contribution is -0.433. The van der Waals surface area contributed by atoms with Gasteiger partial charge in [0.25, 0.3) is 0 Å². The number of nitrogens with two attached hydrogens (primary N) is 1. The smallest absolute Gasteiger partial charge is 0.224 e. The van der Waals surface area contributed by atoms with Gasteiger partial charge in [-0.05, 0) is 119 Å². The molecule has 2 aliphatic heterocycles. The van der Waals surface area contributed by atoms with Gasteiger partial charge in [0.2, 0.25) is 17.5 Å². The molecular weight excluding hydrogens is 838 g/mol. The third-order valence-electron chi connectivity index (χ3n) is 11.5. The van der Waals surface area contributed by atoms with Gasteiger partial charge in [-0.3, -0.25) is 9.59 Å². The summed E-state index contributed by atoms with van der Waals surface area (Å²) in [6, 6.07) is 25.8. The van der Waals surface area contributed by atoms with E-state index in [2.05, 4.69) is 147 Å². The number of para-hydroxylation sites is 2. The number of thioether (sulfide) groups is 1. The molecule has 3 aromatic rings. The molecule has 0 radical (unpaired) electrons. The summed E-state index contributed by atoms with van der Waals surface area (Å²) in [7, 11) is 0. The van der Waals surface area contributed by atoms with Gasteiger partial charge in [0.15, 0.2) is 5.71 Å². The first-order valence-electron chi connectivity index (χ1n) is 20.5. The number of rotatable bonds is 15. The summed E-state index contributed by atoms with van der Waals surface area (Å²) in [5.74, 6) is -0.129. The third-order valence-corrected chi connectivity index (χ3v) is 12.7. The van der Waals surface area contributed by atoms with E-state index < -0.39 is 0 Å². The van der Waals surface area contributed by atoms with E-state index >= 15 is 0 Å². The van der Waals surface area contributed by atoms with Crippen molar-refractivity contribution in [2.24, 2.45) is 5.73 Å². The number of hydrogen-bond donors (Lipinski definition) is 3. The van der Waals surface area contributed by atoms with Gasteiger partial charge in [-0.15, -0.1) is 0 Å². The molecule has 0 bridgehead atoms. The van der Waals surface area contributed by atoms with Gasteiger partial charge in [0.05, 0.1) is 5.41 Å². The van der Waals surface area contributed by atoms with E-state index in [0.717, 1.165) is 49.4 Å². The molecule has 7 nitrogen and oxygen atoms in total. The SMILES string of the molecule is CCN1/C(=C/C=C2\CCCC(/C=C/C3=[N+](CC)c4ccccc4C3(C)C)=C2Sc2ccc(NC(=O)CCCC(=O)NCCCN)cc2)C(C)(C)c2ccccc21.[I-]. The molecule has 0 spiro atoms. The number of hydrogen-bond acceptors (Lipinski definition) is 5. The Labute approximate surface area is 362 Å². The number of halogens is 1. The molecule has 6 rings (SSSR count). The number of nitrogens with zero attached hydrogens (tertiary/aromatic N) is 2. The summed E-state index contributed by atoms with van der Waals surface area (Å²) < 4.78 is 2.47. The van der Waals surface area contributed by atoms with Crippen molar-refractivity contribution in [3.63, 3.8) is 0 Å². The minimum Gasteiger partial charge on any atom is -1.00 e. The molecule has 0 atom stereocenters. The second-order valence-electron chi connectivity index (χ2n) is 16.0. The van der Waals surface area contributed by atoms with E-state index in [9.17, 15) is 9.59 Å². The van der Waals surface area contributed by atoms with Crippen molar-refractivity contribution in [1.82, 2.24) is 5.32 Å². The number of amides is 2. The maximum absolute atomic E-state index is 12.7. The minimum absolute atomic E-state index is 0. The molecule has 4 N–H and O–H groups in total. The average Bonchev–Trinajstić information content (AvgIpc) is 3.55. The normalized spacial score (nSPS) is 18.3. The fourth-order valence-electron chi connectivity index (χ4n) is 8.45. The Morgan fingerprint density at radius 3 is 2.26 bits per heavy atom. The van der Waals surface area contributed by atoms with Gasteiger partial charge < -0.3 is 45.2 Å². The first-order chi connectivity index (χ1) is 27.0. The highest BCUT2D eigenvalue weighted by atomic mass is 127. The quantitative estimate of drug-likeness (QED) is 0.0864. The maximum atomic E-state index is 12.7. The zero-order valence-corrected chi connectivity index (χ0v) is 37.6. The Morgan fingerprint density at radius 2 is 1.54 bits per heavy atom. The van der Waals surface area contributed by atoms with Crippen LogP contribution in [0.2, 0.25) is 0 Å². The number of fused-ring (bicyclic) bond motifs is 2. The number of carbonyl (C=O) groups excluding carboxylic acids is 2. The maximum Gasteiger partial charge on any atom is 0.224 e. The molecule has 302 valence electrons. The lowest BCUT2D eigenvalue weighted by Crippen LogP contribution is -3.00. The molecule has 0 unspecified atom stereocenters. The van der Waals surface area contributed by atoms with Gasteiger partial charge in [-0.1, -0.05) is 74.2 Å². The predicted octanol–water partition coefficient (Wildman–Crippen LogP) is 7.08. The number of carbonyl (C=O) groups is 2. The largest absolute Gasteiger partial charge is 1.00 e. The standard InChI is InChI=1S/C48H59N5O2S.HI/c1-7-52-40-20-11-9-18-38(40)47(3,4)42(52)30-24-34-16-13-17-35(25-31-43-48(5,6)39-19-10-12-21-41(39)53(43)8-2)46(34)56-37-28-26-36(27-29-37)51-45(55)23-14-22-44(54)50-33-15-32-49;/h9-12,18-21,24-31H,7-8,13-17,22-23,32-33,49H2,1-6H3,(H-,50,51,54,55);1H. The Bertz CT molecular complexity index is 2090. The molecule has 3 aliphatic rings. The Balaban J connectivity index is 0.00000620. The summed E-state index contributed by atoms with van der Waals surface area (Å²) in [5, 5.41) is 5.87. The Morgan fingerprint density at radius 1 is 0.842 bits per heavy atom. The van der Waals surface area contributed by atoms with Gasteiger partial charge >= 0.3 is 0 Å². The summed E-state index contributed by atoms with van der Waals surface area (Å²) in [6.07, 6.45) is 14.5. The van der Waals surface area contributed by atoms with Crippen molar-refractivity contribution < 1.29 is 38.1 Å². The zero-order chi connectivity index (χ0) is 39.9. The van der Waals surface area contributed by atoms with Crippen LogP contribution in [0, 0.1) is 0 Å². The van der Waals surface area contributed by atoms with E-state index in [1.165, 1.54) is 50.0 Å². The van der Waals surface area contributed by atoms with Gasteiger partial charge in [-0.2, -0.15) is 4.58 Å². The molecule has 0 aromatic heterocycles. The van der Waals surface area contributed by atoms with E-state index in [1.54, 1.807) is 0 Å². The van der Waals surface area contributed by atoms with Crippen LogP contribution in [0.25, 0.3) is 0 Å². The Kier molecular flexibility index (Phi) is 15.3. The highest BCUT2D eigenvalue weighted by Crippen LogP contribution is 2.48. The molecule has 2 amide bonds. The molecule has 57 heavy (non-hydrogen) atoms. The second-order valence-corrected chi connectivity index (χ2v) is 17.0. The molecule has 2 heterocycles. The predicted molar refractivity (Wildman–Crippen MR) is 235 cm³/mol. The van der Waals surface area contributed by atoms with E-state index in [-0.39, 0.29) is 46.6 Å². The third kappa shape index (κ3) is 9.86. The van der Waals surface area contributed by atoms with Crippen LogP contribution in [-0.2, 0) is 20.4 Å². The van der Waals surface area contributed by atoms with Crippen LogP contribution in [0.4, 0.5) is 17.1 Å². The molecule has 1 aliphatic carbocycles. The van der Waals surface area contributed by atoms with Gasteiger partial charge in [0.1, 0.15) is 6.54 Å². The number of benzene rings is 3. The molecule has 9 heteroatoms. The van der Waals surface area contributed by atoms with E-state index in [0.29, 0.717) is 32.4 Å². The van der Waals surface area contributed by atoms with Crippen molar-refractivity contribution in [2.75, 3.05) is 36.4 Å². The highest BCUT2D eigenvalue weighted by molar-refractivity contribution is 8.03. The molecule has 3 aromatic carbocycles. The molecule has 0 saturated heterocycles. The van der Waals surface area contributed by atoms with E-state index in [4.69, 9.17) is 5.73 Å². The lowest BCUT2D eigenvalue weighted by atomic mass is 9.81. The zero-order valence-electron chi connectivity index (χ0n) is 34.6. The molecule has 0 fully saturated rings. The van der Waals surface area contributed by atoms with Crippen molar-refractivity contribution in [3.05, 3.63) is 130 Å². The summed E-state index contributed by atoms with van der Waals surface area (Å²) >= 11 is 1.82. The summed E-state index contributed by atoms with van der Waals surface area (Å²) in [6.45, 7) is 16.8. The summed E-state index contributed by atoms with van der Waals surface area (Å²) in [5.41, 5.74) is 16.8. The number of nitrogens with one attached hydrogen (secondary N) is 2. The Hall–Kier alpha value is -3.93.